The molecule has 1 N–H and O–H groups in total. The Morgan fingerprint density at radius 2 is 1.92 bits per heavy atom. The van der Waals surface area contributed by atoms with Gasteiger partial charge in [-0.15, -0.1) is 0 Å². The number of fused-ring (bicyclic) bond motifs is 1. The molecule has 0 bridgehead atoms. The molecule has 124 valence electrons. The van der Waals surface area contributed by atoms with E-state index in [4.69, 9.17) is 0 Å². The Kier molecular flexibility index (Phi) is 4.57. The van der Waals surface area contributed by atoms with E-state index in [1.165, 1.54) is 11.0 Å². The first-order valence-electron chi connectivity index (χ1n) is 7.62. The number of rotatable bonds is 5. The van der Waals surface area contributed by atoms with E-state index in [0.29, 0.717) is 11.4 Å². The van der Waals surface area contributed by atoms with Gasteiger partial charge in [0.25, 0.3) is 0 Å². The summed E-state index contributed by atoms with van der Waals surface area (Å²) in [6, 6.07) is 13.8. The van der Waals surface area contributed by atoms with Crippen molar-refractivity contribution in [2.45, 2.75) is 19.7 Å². The zero-order chi connectivity index (χ0) is 17.1. The number of halogens is 1. The molecular formula is C18H18FN3O2. The Bertz CT molecular complexity index is 876. The molecule has 0 unspecified atom stereocenters. The van der Waals surface area contributed by atoms with Crippen LogP contribution in [-0.4, -0.2) is 32.5 Å². The van der Waals surface area contributed by atoms with Crippen LogP contribution in [0.3, 0.4) is 0 Å². The smallest absolute Gasteiger partial charge is 0.242 e. The quantitative estimate of drug-likeness (QED) is 0.782. The maximum absolute atomic E-state index is 13.7. The third-order valence-electron chi connectivity index (χ3n) is 3.96. The van der Waals surface area contributed by atoms with Gasteiger partial charge in [0, 0.05) is 19.2 Å². The number of aliphatic hydroxyl groups is 1. The maximum atomic E-state index is 13.7. The van der Waals surface area contributed by atoms with Gasteiger partial charge in [-0.2, -0.15) is 0 Å². The highest BCUT2D eigenvalue weighted by Gasteiger charge is 2.16. The first-order valence-corrected chi connectivity index (χ1v) is 7.62. The lowest BCUT2D eigenvalue weighted by atomic mass is 10.2. The topological polar surface area (TPSA) is 58.4 Å². The first kappa shape index (κ1) is 16.1. The fourth-order valence-corrected chi connectivity index (χ4v) is 2.65. The molecule has 0 aliphatic rings. The van der Waals surface area contributed by atoms with E-state index in [2.05, 4.69) is 4.98 Å². The van der Waals surface area contributed by atoms with Gasteiger partial charge < -0.3 is 14.6 Å². The minimum atomic E-state index is -0.332. The largest absolute Gasteiger partial charge is 0.388 e. The number of carbonyl (C=O) groups is 1. The lowest BCUT2D eigenvalue weighted by Crippen LogP contribution is -2.30. The highest BCUT2D eigenvalue weighted by atomic mass is 19.1. The predicted octanol–water partition coefficient (Wildman–Crippen LogP) is 2.33. The highest BCUT2D eigenvalue weighted by Crippen LogP contribution is 2.17. The molecule has 2 aromatic carbocycles. The number of hydrogen-bond acceptors (Lipinski definition) is 3. The molecule has 0 atom stereocenters. The SMILES string of the molecule is CN(Cc1ccccc1F)C(=O)Cn1c(CO)nc2ccccc21. The number of aromatic nitrogens is 2. The number of imidazole rings is 1. The van der Waals surface area contributed by atoms with Crippen LogP contribution in [0.4, 0.5) is 4.39 Å². The summed E-state index contributed by atoms with van der Waals surface area (Å²) in [6.45, 7) is -0.0209. The van der Waals surface area contributed by atoms with Gasteiger partial charge in [-0.25, -0.2) is 9.37 Å². The molecule has 0 fully saturated rings. The Labute approximate surface area is 139 Å². The van der Waals surface area contributed by atoms with Crippen molar-refractivity contribution in [2.75, 3.05) is 7.05 Å². The molecule has 0 aliphatic heterocycles. The molecule has 0 saturated carbocycles. The maximum Gasteiger partial charge on any atom is 0.242 e. The van der Waals surface area contributed by atoms with Gasteiger partial charge in [0.1, 0.15) is 24.8 Å². The van der Waals surface area contributed by atoms with E-state index >= 15 is 0 Å². The monoisotopic (exact) mass is 327 g/mol. The average Bonchev–Trinajstić information content (AvgIpc) is 2.94. The predicted molar refractivity (Wildman–Crippen MR) is 88.5 cm³/mol. The number of hydrogen-bond donors (Lipinski definition) is 1. The number of likely N-dealkylation sites (N-methyl/N-ethyl adjacent to an activating group) is 1. The third kappa shape index (κ3) is 3.14. The van der Waals surface area contributed by atoms with Crippen molar-refractivity contribution in [3.63, 3.8) is 0 Å². The summed E-state index contributed by atoms with van der Waals surface area (Å²) in [4.78, 5) is 18.3. The summed E-state index contributed by atoms with van der Waals surface area (Å²) in [5, 5.41) is 9.48. The molecule has 1 aromatic heterocycles. The lowest BCUT2D eigenvalue weighted by molar-refractivity contribution is -0.131. The number of para-hydroxylation sites is 2. The molecule has 3 rings (SSSR count). The summed E-state index contributed by atoms with van der Waals surface area (Å²) >= 11 is 0. The number of carbonyl (C=O) groups excluding carboxylic acids is 1. The van der Waals surface area contributed by atoms with Crippen LogP contribution in [0, 0.1) is 5.82 Å². The van der Waals surface area contributed by atoms with Crippen LogP contribution in [0.2, 0.25) is 0 Å². The number of nitrogens with zero attached hydrogens (tertiary/aromatic N) is 3. The van der Waals surface area contributed by atoms with Crippen molar-refractivity contribution < 1.29 is 14.3 Å². The average molecular weight is 327 g/mol. The normalized spacial score (nSPS) is 11.0. The fourth-order valence-electron chi connectivity index (χ4n) is 2.65. The number of benzene rings is 2. The molecule has 0 saturated heterocycles. The van der Waals surface area contributed by atoms with Gasteiger partial charge in [-0.3, -0.25) is 4.79 Å². The van der Waals surface area contributed by atoms with Crippen molar-refractivity contribution in [3.05, 3.63) is 65.7 Å². The zero-order valence-corrected chi connectivity index (χ0v) is 13.3. The van der Waals surface area contributed by atoms with E-state index in [-0.39, 0.29) is 31.4 Å². The molecule has 0 aliphatic carbocycles. The number of amides is 1. The van der Waals surface area contributed by atoms with Crippen LogP contribution >= 0.6 is 0 Å². The zero-order valence-electron chi connectivity index (χ0n) is 13.3. The van der Waals surface area contributed by atoms with Gasteiger partial charge >= 0.3 is 0 Å². The van der Waals surface area contributed by atoms with Crippen molar-refractivity contribution in [3.8, 4) is 0 Å². The van der Waals surface area contributed by atoms with Crippen LogP contribution < -0.4 is 0 Å². The van der Waals surface area contributed by atoms with Crippen LogP contribution in [0.25, 0.3) is 11.0 Å². The van der Waals surface area contributed by atoms with Gasteiger partial charge in [0.2, 0.25) is 5.91 Å². The second kappa shape index (κ2) is 6.80. The van der Waals surface area contributed by atoms with Crippen molar-refractivity contribution in [1.82, 2.24) is 14.5 Å². The molecule has 0 radical (unpaired) electrons. The summed E-state index contributed by atoms with van der Waals surface area (Å²) < 4.78 is 15.4. The lowest BCUT2D eigenvalue weighted by Gasteiger charge is -2.19. The van der Waals surface area contributed by atoms with E-state index in [0.717, 1.165) is 11.0 Å². The minimum Gasteiger partial charge on any atom is -0.388 e. The van der Waals surface area contributed by atoms with Crippen LogP contribution in [0.1, 0.15) is 11.4 Å². The van der Waals surface area contributed by atoms with E-state index in [9.17, 15) is 14.3 Å². The molecule has 1 amide bonds. The van der Waals surface area contributed by atoms with E-state index in [1.54, 1.807) is 29.8 Å². The molecule has 5 nitrogen and oxygen atoms in total. The van der Waals surface area contributed by atoms with Gasteiger partial charge in [-0.1, -0.05) is 30.3 Å². The fraction of sp³-hybridized carbons (Fsp3) is 0.222. The van der Waals surface area contributed by atoms with Gasteiger partial charge in [0.15, 0.2) is 0 Å². The molecule has 0 spiro atoms. The second-order valence-electron chi connectivity index (χ2n) is 5.60. The van der Waals surface area contributed by atoms with E-state index in [1.807, 2.05) is 24.3 Å². The summed E-state index contributed by atoms with van der Waals surface area (Å²) in [5.41, 5.74) is 1.98. The van der Waals surface area contributed by atoms with Crippen molar-refractivity contribution in [1.29, 1.82) is 0 Å². The molecule has 3 aromatic rings. The molecule has 6 heteroatoms. The Balaban J connectivity index is 1.81. The molecule has 24 heavy (non-hydrogen) atoms. The standard InChI is InChI=1S/C18H18FN3O2/c1-21(10-13-6-2-3-7-14(13)19)18(24)11-22-16-9-5-4-8-15(16)20-17(22)12-23/h2-9,23H,10-12H2,1H3. The minimum absolute atomic E-state index is 0.0430. The summed E-state index contributed by atoms with van der Waals surface area (Å²) in [5.74, 6) is -0.0822. The highest BCUT2D eigenvalue weighted by molar-refractivity contribution is 5.81. The van der Waals surface area contributed by atoms with Crippen molar-refractivity contribution in [2.24, 2.45) is 0 Å². The third-order valence-corrected chi connectivity index (χ3v) is 3.96. The van der Waals surface area contributed by atoms with E-state index < -0.39 is 0 Å². The van der Waals surface area contributed by atoms with Crippen molar-refractivity contribution >= 4 is 16.9 Å². The van der Waals surface area contributed by atoms with Gasteiger partial charge in [0.05, 0.1) is 11.0 Å². The summed E-state index contributed by atoms with van der Waals surface area (Å²) in [6.07, 6.45) is 0. The first-order chi connectivity index (χ1) is 11.6. The van der Waals surface area contributed by atoms with Gasteiger partial charge in [-0.05, 0) is 18.2 Å². The Morgan fingerprint density at radius 1 is 1.21 bits per heavy atom. The Hall–Kier alpha value is -2.73. The molecule has 1 heterocycles. The summed E-state index contributed by atoms with van der Waals surface area (Å²) in [7, 11) is 1.63. The van der Waals surface area contributed by atoms with Crippen LogP contribution in [0.5, 0.6) is 0 Å². The Morgan fingerprint density at radius 3 is 2.67 bits per heavy atom. The molecular weight excluding hydrogens is 309 g/mol. The number of aliphatic hydroxyl groups excluding tert-OH is 1. The van der Waals surface area contributed by atoms with Crippen LogP contribution in [0.15, 0.2) is 48.5 Å². The second-order valence-corrected chi connectivity index (χ2v) is 5.60. The van der Waals surface area contributed by atoms with Crippen LogP contribution in [-0.2, 0) is 24.5 Å².